The maximum absolute atomic E-state index is 12.7. The van der Waals surface area contributed by atoms with E-state index in [0.29, 0.717) is 18.7 Å². The summed E-state index contributed by atoms with van der Waals surface area (Å²) in [5.74, 6) is -0.991. The largest absolute Gasteiger partial charge is 0.455 e. The predicted molar refractivity (Wildman–Crippen MR) is 128 cm³/mol. The van der Waals surface area contributed by atoms with Gasteiger partial charge in [-0.2, -0.15) is 9.40 Å². The van der Waals surface area contributed by atoms with Gasteiger partial charge in [-0.25, -0.2) is 13.1 Å². The Kier molecular flexibility index (Phi) is 7.27. The molecule has 1 saturated heterocycles. The second-order valence-electron chi connectivity index (χ2n) is 8.44. The van der Waals surface area contributed by atoms with E-state index in [0.717, 1.165) is 16.9 Å². The number of carbonyl (C=O) groups is 2. The van der Waals surface area contributed by atoms with E-state index in [-0.39, 0.29) is 18.0 Å². The lowest BCUT2D eigenvalue weighted by Gasteiger charge is -2.29. The molecule has 0 bridgehead atoms. The molecule has 3 heterocycles. The van der Waals surface area contributed by atoms with Crippen LogP contribution in [0.5, 0.6) is 0 Å². The highest BCUT2D eigenvalue weighted by Crippen LogP contribution is 2.24. The zero-order valence-electron chi connectivity index (χ0n) is 19.5. The molecule has 2 aromatic heterocycles. The molecule has 1 aromatic carbocycles. The van der Waals surface area contributed by atoms with Gasteiger partial charge in [-0.3, -0.25) is 14.6 Å². The monoisotopic (exact) mass is 497 g/mol. The average molecular weight is 498 g/mol. The first-order valence-electron chi connectivity index (χ1n) is 11.2. The third-order valence-electron chi connectivity index (χ3n) is 5.78. The molecule has 0 spiro atoms. The van der Waals surface area contributed by atoms with Crippen molar-refractivity contribution in [3.05, 3.63) is 66.1 Å². The molecule has 0 radical (unpaired) electrons. The molecule has 35 heavy (non-hydrogen) atoms. The summed E-state index contributed by atoms with van der Waals surface area (Å²) in [6, 6.07) is 12.5. The summed E-state index contributed by atoms with van der Waals surface area (Å²) in [4.78, 5) is 29.0. The van der Waals surface area contributed by atoms with E-state index in [1.807, 2.05) is 38.1 Å². The third kappa shape index (κ3) is 5.75. The zero-order valence-corrected chi connectivity index (χ0v) is 20.4. The average Bonchev–Trinajstić information content (AvgIpc) is 3.23. The van der Waals surface area contributed by atoms with Crippen molar-refractivity contribution in [2.24, 2.45) is 5.92 Å². The number of anilines is 1. The van der Waals surface area contributed by atoms with Crippen LogP contribution in [0.4, 0.5) is 5.82 Å². The van der Waals surface area contributed by atoms with Gasteiger partial charge in [0.2, 0.25) is 10.0 Å². The SMILES string of the molecule is Cc1ccc(-n2nc(C)cc2NC(=O)COC(=O)C2CCN(S(=O)(=O)c3cccnc3)CC2)cc1. The molecule has 0 aliphatic carbocycles. The first-order valence-corrected chi connectivity index (χ1v) is 12.7. The molecule has 184 valence electrons. The van der Waals surface area contributed by atoms with Gasteiger partial charge >= 0.3 is 5.97 Å². The minimum atomic E-state index is -3.65. The Morgan fingerprint density at radius 2 is 1.83 bits per heavy atom. The van der Waals surface area contributed by atoms with Crippen molar-refractivity contribution < 1.29 is 22.7 Å². The molecule has 3 aromatic rings. The number of benzene rings is 1. The van der Waals surface area contributed by atoms with Crippen LogP contribution in [0.1, 0.15) is 24.1 Å². The molecule has 0 saturated carbocycles. The van der Waals surface area contributed by atoms with Gasteiger partial charge in [0.25, 0.3) is 5.91 Å². The highest BCUT2D eigenvalue weighted by atomic mass is 32.2. The Morgan fingerprint density at radius 3 is 2.49 bits per heavy atom. The minimum absolute atomic E-state index is 0.123. The van der Waals surface area contributed by atoms with Gasteiger partial charge in [-0.05, 0) is 51.0 Å². The van der Waals surface area contributed by atoms with Crippen molar-refractivity contribution in [2.75, 3.05) is 25.0 Å². The molecule has 1 fully saturated rings. The van der Waals surface area contributed by atoms with Crippen LogP contribution in [0.15, 0.2) is 59.8 Å². The van der Waals surface area contributed by atoms with Crippen LogP contribution in [0, 0.1) is 19.8 Å². The highest BCUT2D eigenvalue weighted by molar-refractivity contribution is 7.89. The predicted octanol–water partition coefficient (Wildman–Crippen LogP) is 2.47. The standard InChI is InChI=1S/C24H27N5O5S/c1-17-5-7-20(8-6-17)29-22(14-18(2)27-29)26-23(30)16-34-24(31)19-9-12-28(13-10-19)35(32,33)21-4-3-11-25-15-21/h3-8,11,14-15,19H,9-10,12-13,16H2,1-2H3,(H,26,30). The lowest BCUT2D eigenvalue weighted by atomic mass is 9.98. The van der Waals surface area contributed by atoms with Gasteiger partial charge in [0.15, 0.2) is 6.61 Å². The minimum Gasteiger partial charge on any atom is -0.455 e. The van der Waals surface area contributed by atoms with Crippen molar-refractivity contribution in [3.63, 3.8) is 0 Å². The first kappa shape index (κ1) is 24.6. The number of hydrogen-bond acceptors (Lipinski definition) is 7. The van der Waals surface area contributed by atoms with Crippen LogP contribution in [0.2, 0.25) is 0 Å². The molecule has 0 atom stereocenters. The van der Waals surface area contributed by atoms with E-state index in [4.69, 9.17) is 4.74 Å². The van der Waals surface area contributed by atoms with E-state index in [9.17, 15) is 18.0 Å². The summed E-state index contributed by atoms with van der Waals surface area (Å²) in [5, 5.41) is 7.16. The van der Waals surface area contributed by atoms with Gasteiger partial charge in [-0.1, -0.05) is 17.7 Å². The summed E-state index contributed by atoms with van der Waals surface area (Å²) in [6.45, 7) is 3.75. The van der Waals surface area contributed by atoms with E-state index < -0.39 is 34.4 Å². The Hall–Kier alpha value is -3.57. The number of nitrogens with one attached hydrogen (secondary N) is 1. The summed E-state index contributed by atoms with van der Waals surface area (Å²) in [6.07, 6.45) is 3.45. The quantitative estimate of drug-likeness (QED) is 0.497. The van der Waals surface area contributed by atoms with Gasteiger partial charge in [0.05, 0.1) is 17.3 Å². The van der Waals surface area contributed by atoms with Crippen LogP contribution in [-0.4, -0.2) is 59.1 Å². The number of ether oxygens (including phenoxy) is 1. The molecule has 0 unspecified atom stereocenters. The fourth-order valence-corrected chi connectivity index (χ4v) is 5.32. The summed E-state index contributed by atoms with van der Waals surface area (Å²) in [5.41, 5.74) is 2.63. The van der Waals surface area contributed by atoms with Gasteiger partial charge in [0.1, 0.15) is 10.7 Å². The zero-order chi connectivity index (χ0) is 25.0. The normalized spacial score (nSPS) is 15.0. The van der Waals surface area contributed by atoms with E-state index in [2.05, 4.69) is 15.4 Å². The topological polar surface area (TPSA) is 123 Å². The van der Waals surface area contributed by atoms with Crippen molar-refractivity contribution in [1.82, 2.24) is 19.1 Å². The first-order chi connectivity index (χ1) is 16.7. The fraction of sp³-hybridized carbons (Fsp3) is 0.333. The highest BCUT2D eigenvalue weighted by Gasteiger charge is 2.33. The molecular weight excluding hydrogens is 470 g/mol. The van der Waals surface area contributed by atoms with Crippen molar-refractivity contribution in [2.45, 2.75) is 31.6 Å². The number of nitrogens with zero attached hydrogens (tertiary/aromatic N) is 4. The smallest absolute Gasteiger partial charge is 0.309 e. The van der Waals surface area contributed by atoms with E-state index in [1.165, 1.54) is 22.8 Å². The Labute approximate surface area is 204 Å². The maximum Gasteiger partial charge on any atom is 0.309 e. The van der Waals surface area contributed by atoms with E-state index in [1.54, 1.807) is 16.8 Å². The van der Waals surface area contributed by atoms with Crippen molar-refractivity contribution >= 4 is 27.7 Å². The van der Waals surface area contributed by atoms with Gasteiger partial charge in [0, 0.05) is 31.5 Å². The lowest BCUT2D eigenvalue weighted by Crippen LogP contribution is -2.41. The van der Waals surface area contributed by atoms with Gasteiger partial charge < -0.3 is 10.1 Å². The molecule has 1 aliphatic rings. The molecule has 1 N–H and O–H groups in total. The summed E-state index contributed by atoms with van der Waals surface area (Å²) < 4.78 is 33.6. The molecule has 11 heteroatoms. The van der Waals surface area contributed by atoms with E-state index >= 15 is 0 Å². The maximum atomic E-state index is 12.7. The Bertz CT molecular complexity index is 1300. The fourth-order valence-electron chi connectivity index (χ4n) is 3.89. The third-order valence-corrected chi connectivity index (χ3v) is 7.66. The summed E-state index contributed by atoms with van der Waals surface area (Å²) >= 11 is 0. The van der Waals surface area contributed by atoms with Crippen molar-refractivity contribution in [3.8, 4) is 5.69 Å². The van der Waals surface area contributed by atoms with Crippen molar-refractivity contribution in [1.29, 1.82) is 0 Å². The molecule has 1 amide bonds. The number of rotatable bonds is 7. The number of piperidine rings is 1. The second kappa shape index (κ2) is 10.4. The lowest BCUT2D eigenvalue weighted by molar-refractivity contribution is -0.152. The Balaban J connectivity index is 1.29. The number of aromatic nitrogens is 3. The van der Waals surface area contributed by atoms with Crippen LogP contribution in [-0.2, 0) is 24.3 Å². The van der Waals surface area contributed by atoms with Gasteiger partial charge in [-0.15, -0.1) is 0 Å². The molecule has 1 aliphatic heterocycles. The number of hydrogen-bond donors (Lipinski definition) is 1. The van der Waals surface area contributed by atoms with Crippen LogP contribution >= 0.6 is 0 Å². The molecule has 10 nitrogen and oxygen atoms in total. The second-order valence-corrected chi connectivity index (χ2v) is 10.4. The van der Waals surface area contributed by atoms with Crippen LogP contribution in [0.3, 0.4) is 0 Å². The molecule has 4 rings (SSSR count). The van der Waals surface area contributed by atoms with Crippen LogP contribution in [0.25, 0.3) is 5.69 Å². The number of pyridine rings is 1. The number of carbonyl (C=O) groups excluding carboxylic acids is 2. The molecular formula is C24H27N5O5S. The Morgan fingerprint density at radius 1 is 1.11 bits per heavy atom. The summed E-state index contributed by atoms with van der Waals surface area (Å²) in [7, 11) is -3.65. The number of aryl methyl sites for hydroxylation is 2. The number of amides is 1. The van der Waals surface area contributed by atoms with Crippen LogP contribution < -0.4 is 5.32 Å². The number of esters is 1. The number of sulfonamides is 1.